The molecule has 1 atom stereocenters. The molecule has 0 aliphatic heterocycles. The third-order valence-electron chi connectivity index (χ3n) is 2.93. The number of urea groups is 1. The number of hydrogen-bond donors (Lipinski definition) is 2. The zero-order valence-corrected chi connectivity index (χ0v) is 12.9. The van der Waals surface area contributed by atoms with Crippen LogP contribution in [0.3, 0.4) is 0 Å². The van der Waals surface area contributed by atoms with Crippen molar-refractivity contribution in [3.8, 4) is 0 Å². The summed E-state index contributed by atoms with van der Waals surface area (Å²) in [7, 11) is 0. The zero-order chi connectivity index (χ0) is 15.3. The van der Waals surface area contributed by atoms with Gasteiger partial charge >= 0.3 is 6.03 Å². The number of carbonyl (C=O) groups excluding carboxylic acids is 1. The molecular formula is C14H25N3O3. The topological polar surface area (TPSA) is 78.6 Å². The molecule has 0 fully saturated rings. The number of hydrogen-bond acceptors (Lipinski definition) is 4. The van der Waals surface area contributed by atoms with Gasteiger partial charge in [-0.3, -0.25) is 0 Å². The van der Waals surface area contributed by atoms with E-state index in [4.69, 9.17) is 4.52 Å². The van der Waals surface area contributed by atoms with Crippen molar-refractivity contribution in [2.24, 2.45) is 0 Å². The van der Waals surface area contributed by atoms with Crippen molar-refractivity contribution in [3.63, 3.8) is 0 Å². The minimum absolute atomic E-state index is 0.0190. The summed E-state index contributed by atoms with van der Waals surface area (Å²) in [5.41, 5.74) is 0.874. The van der Waals surface area contributed by atoms with E-state index in [-0.39, 0.29) is 12.1 Å². The molecule has 0 saturated heterocycles. The maximum atomic E-state index is 12.1. The molecule has 0 radical (unpaired) electrons. The van der Waals surface area contributed by atoms with Crippen molar-refractivity contribution >= 4 is 6.03 Å². The van der Waals surface area contributed by atoms with E-state index in [0.29, 0.717) is 24.8 Å². The summed E-state index contributed by atoms with van der Waals surface area (Å²) < 4.78 is 5.17. The van der Waals surface area contributed by atoms with Gasteiger partial charge in [-0.15, -0.1) is 0 Å². The highest BCUT2D eigenvalue weighted by atomic mass is 16.5. The van der Waals surface area contributed by atoms with Crippen molar-refractivity contribution in [2.45, 2.75) is 59.2 Å². The summed E-state index contributed by atoms with van der Waals surface area (Å²) in [5, 5.41) is 16.1. The molecule has 1 aromatic heterocycles. The summed E-state index contributed by atoms with van der Waals surface area (Å²) in [5.74, 6) is 0.924. The highest BCUT2D eigenvalue weighted by molar-refractivity contribution is 5.74. The van der Waals surface area contributed by atoms with Gasteiger partial charge in [0.2, 0.25) is 0 Å². The Balaban J connectivity index is 2.55. The first kappa shape index (κ1) is 16.5. The first-order chi connectivity index (χ1) is 9.31. The van der Waals surface area contributed by atoms with Crippen LogP contribution in [0.15, 0.2) is 10.6 Å². The van der Waals surface area contributed by atoms with Gasteiger partial charge in [-0.25, -0.2) is 4.79 Å². The summed E-state index contributed by atoms with van der Waals surface area (Å²) >= 11 is 0. The van der Waals surface area contributed by atoms with E-state index in [1.54, 1.807) is 11.8 Å². The molecule has 1 unspecified atom stereocenters. The average molecular weight is 283 g/mol. The number of aromatic nitrogens is 1. The lowest BCUT2D eigenvalue weighted by molar-refractivity contribution is 0.118. The number of aliphatic hydroxyl groups excluding tert-OH is 1. The predicted octanol–water partition coefficient (Wildman–Crippen LogP) is 2.10. The SMILES string of the molecule is CC(O)CN(C(=O)NCc1cc(C(C)C)no1)C(C)C. The van der Waals surface area contributed by atoms with Gasteiger partial charge in [0.15, 0.2) is 5.76 Å². The number of nitrogens with one attached hydrogen (secondary N) is 1. The van der Waals surface area contributed by atoms with Crippen LogP contribution in [-0.4, -0.2) is 39.9 Å². The summed E-state index contributed by atoms with van der Waals surface area (Å²) in [4.78, 5) is 13.7. The Morgan fingerprint density at radius 2 is 2.05 bits per heavy atom. The lowest BCUT2D eigenvalue weighted by Gasteiger charge is -2.27. The van der Waals surface area contributed by atoms with Crippen LogP contribution in [0.5, 0.6) is 0 Å². The maximum absolute atomic E-state index is 12.1. The standard InChI is InChI=1S/C14H25N3O3/c1-9(2)13-6-12(20-16-13)7-15-14(19)17(10(3)4)8-11(5)18/h6,9-11,18H,7-8H2,1-5H3,(H,15,19). The second-order valence-electron chi connectivity index (χ2n) is 5.63. The van der Waals surface area contributed by atoms with Gasteiger partial charge in [-0.05, 0) is 26.7 Å². The molecule has 0 aromatic carbocycles. The Morgan fingerprint density at radius 3 is 2.50 bits per heavy atom. The van der Waals surface area contributed by atoms with Crippen LogP contribution in [0.4, 0.5) is 4.79 Å². The van der Waals surface area contributed by atoms with Gasteiger partial charge in [-0.1, -0.05) is 19.0 Å². The fraction of sp³-hybridized carbons (Fsp3) is 0.714. The number of amides is 2. The van der Waals surface area contributed by atoms with E-state index in [1.165, 1.54) is 0 Å². The van der Waals surface area contributed by atoms with Crippen molar-refractivity contribution in [3.05, 3.63) is 17.5 Å². The molecule has 1 rings (SSSR count). The van der Waals surface area contributed by atoms with Gasteiger partial charge in [-0.2, -0.15) is 0 Å². The minimum Gasteiger partial charge on any atom is -0.392 e. The molecule has 1 heterocycles. The van der Waals surface area contributed by atoms with Gasteiger partial charge in [0.25, 0.3) is 0 Å². The maximum Gasteiger partial charge on any atom is 0.318 e. The lowest BCUT2D eigenvalue weighted by atomic mass is 10.1. The van der Waals surface area contributed by atoms with Crippen LogP contribution in [-0.2, 0) is 6.54 Å². The van der Waals surface area contributed by atoms with E-state index in [1.807, 2.05) is 33.8 Å². The Kier molecular flexibility index (Phi) is 6.01. The lowest BCUT2D eigenvalue weighted by Crippen LogP contribution is -2.46. The van der Waals surface area contributed by atoms with Crippen LogP contribution in [0.25, 0.3) is 0 Å². The van der Waals surface area contributed by atoms with Crippen molar-refractivity contribution < 1.29 is 14.4 Å². The fourth-order valence-corrected chi connectivity index (χ4v) is 1.76. The molecule has 0 bridgehead atoms. The Morgan fingerprint density at radius 1 is 1.40 bits per heavy atom. The molecule has 20 heavy (non-hydrogen) atoms. The minimum atomic E-state index is -0.555. The fourth-order valence-electron chi connectivity index (χ4n) is 1.76. The van der Waals surface area contributed by atoms with Crippen LogP contribution < -0.4 is 5.32 Å². The molecule has 6 heteroatoms. The van der Waals surface area contributed by atoms with E-state index in [9.17, 15) is 9.90 Å². The third kappa shape index (κ3) is 4.85. The molecular weight excluding hydrogens is 258 g/mol. The van der Waals surface area contributed by atoms with Crippen molar-refractivity contribution in [2.75, 3.05) is 6.54 Å². The summed E-state index contributed by atoms with van der Waals surface area (Å²) in [6.07, 6.45) is -0.555. The van der Waals surface area contributed by atoms with Gasteiger partial charge in [0.05, 0.1) is 18.3 Å². The van der Waals surface area contributed by atoms with E-state index in [2.05, 4.69) is 10.5 Å². The molecule has 1 aromatic rings. The number of carbonyl (C=O) groups is 1. The van der Waals surface area contributed by atoms with E-state index in [0.717, 1.165) is 5.69 Å². The molecule has 0 spiro atoms. The van der Waals surface area contributed by atoms with Crippen LogP contribution in [0.1, 0.15) is 52.0 Å². The monoisotopic (exact) mass is 283 g/mol. The van der Waals surface area contributed by atoms with E-state index >= 15 is 0 Å². The smallest absolute Gasteiger partial charge is 0.318 e. The average Bonchev–Trinajstić information content (AvgIpc) is 2.81. The first-order valence-electron chi connectivity index (χ1n) is 6.99. The Labute approximate surface area is 120 Å². The van der Waals surface area contributed by atoms with Crippen molar-refractivity contribution in [1.29, 1.82) is 0 Å². The number of rotatable bonds is 6. The highest BCUT2D eigenvalue weighted by Crippen LogP contribution is 2.13. The van der Waals surface area contributed by atoms with Crippen LogP contribution in [0, 0.1) is 0 Å². The zero-order valence-electron chi connectivity index (χ0n) is 12.9. The predicted molar refractivity (Wildman–Crippen MR) is 76.4 cm³/mol. The Bertz CT molecular complexity index is 427. The molecule has 2 N–H and O–H groups in total. The van der Waals surface area contributed by atoms with Gasteiger partial charge in [0, 0.05) is 18.7 Å². The van der Waals surface area contributed by atoms with Gasteiger partial charge < -0.3 is 19.8 Å². The Hall–Kier alpha value is -1.56. The second kappa shape index (κ2) is 7.28. The van der Waals surface area contributed by atoms with E-state index < -0.39 is 6.10 Å². The summed E-state index contributed by atoms with van der Waals surface area (Å²) in [6.45, 7) is 10.1. The normalized spacial score (nSPS) is 12.8. The molecule has 0 aliphatic rings. The number of aliphatic hydroxyl groups is 1. The van der Waals surface area contributed by atoms with Crippen molar-refractivity contribution in [1.82, 2.24) is 15.4 Å². The van der Waals surface area contributed by atoms with Gasteiger partial charge in [0.1, 0.15) is 0 Å². The largest absolute Gasteiger partial charge is 0.392 e. The summed E-state index contributed by atoms with van der Waals surface area (Å²) in [6, 6.07) is 1.65. The highest BCUT2D eigenvalue weighted by Gasteiger charge is 2.19. The quantitative estimate of drug-likeness (QED) is 0.838. The first-order valence-corrected chi connectivity index (χ1v) is 6.99. The third-order valence-corrected chi connectivity index (χ3v) is 2.93. The molecule has 2 amide bonds. The molecule has 0 aliphatic carbocycles. The molecule has 114 valence electrons. The second-order valence-corrected chi connectivity index (χ2v) is 5.63. The molecule has 6 nitrogen and oxygen atoms in total. The van der Waals surface area contributed by atoms with Crippen LogP contribution in [0.2, 0.25) is 0 Å². The van der Waals surface area contributed by atoms with Crippen LogP contribution >= 0.6 is 0 Å². The molecule has 0 saturated carbocycles. The number of nitrogens with zero attached hydrogens (tertiary/aromatic N) is 2.